The highest BCUT2D eigenvalue weighted by atomic mass is 35.5. The van der Waals surface area contributed by atoms with E-state index in [1.807, 2.05) is 12.1 Å². The van der Waals surface area contributed by atoms with Crippen molar-refractivity contribution in [1.29, 1.82) is 0 Å². The summed E-state index contributed by atoms with van der Waals surface area (Å²) < 4.78 is 29.4. The lowest BCUT2D eigenvalue weighted by molar-refractivity contribution is -0.0508. The Morgan fingerprint density at radius 2 is 2.10 bits per heavy atom. The zero-order valence-corrected chi connectivity index (χ0v) is 12.8. The summed E-state index contributed by atoms with van der Waals surface area (Å²) in [5.41, 5.74) is 6.44. The Labute approximate surface area is 130 Å². The molecule has 0 spiro atoms. The highest BCUT2D eigenvalue weighted by Gasteiger charge is 2.20. The van der Waals surface area contributed by atoms with E-state index in [0.717, 1.165) is 31.5 Å². The summed E-state index contributed by atoms with van der Waals surface area (Å²) in [6.07, 6.45) is 3.39. The molecule has 1 saturated heterocycles. The van der Waals surface area contributed by atoms with Gasteiger partial charge >= 0.3 is 6.61 Å². The van der Waals surface area contributed by atoms with Gasteiger partial charge in [0, 0.05) is 18.7 Å². The monoisotopic (exact) mass is 320 g/mol. The molecule has 1 atom stereocenters. The number of nitrogens with zero attached hydrogens (tertiary/aromatic N) is 1. The number of alkyl halides is 2. The van der Waals surface area contributed by atoms with E-state index in [1.165, 1.54) is 6.42 Å². The SMILES string of the molecule is Cl.NCCC1CCCN(Cc2ccccc2OC(F)F)C1. The molecular formula is C15H23ClF2N2O. The molecule has 2 rings (SSSR count). The molecule has 1 heterocycles. The van der Waals surface area contributed by atoms with Crippen molar-refractivity contribution in [2.75, 3.05) is 19.6 Å². The molecule has 0 bridgehead atoms. The van der Waals surface area contributed by atoms with Crippen molar-refractivity contribution in [2.45, 2.75) is 32.4 Å². The summed E-state index contributed by atoms with van der Waals surface area (Å²) in [5.74, 6) is 0.903. The standard InChI is InChI=1S/C15H22F2N2O.ClH/c16-15(17)20-14-6-2-1-5-13(14)11-19-9-3-4-12(10-19)7-8-18;/h1-2,5-6,12,15H,3-4,7-11,18H2;1H. The van der Waals surface area contributed by atoms with Crippen LogP contribution in [0.25, 0.3) is 0 Å². The lowest BCUT2D eigenvalue weighted by Crippen LogP contribution is -2.35. The van der Waals surface area contributed by atoms with E-state index in [4.69, 9.17) is 5.73 Å². The molecule has 0 amide bonds. The van der Waals surface area contributed by atoms with Crippen molar-refractivity contribution in [2.24, 2.45) is 11.7 Å². The third-order valence-corrected chi connectivity index (χ3v) is 3.76. The molecule has 1 aliphatic heterocycles. The van der Waals surface area contributed by atoms with Gasteiger partial charge in [-0.2, -0.15) is 8.78 Å². The molecule has 0 aromatic heterocycles. The fourth-order valence-corrected chi connectivity index (χ4v) is 2.85. The Balaban J connectivity index is 0.00000220. The number of nitrogens with two attached hydrogens (primary N) is 1. The Morgan fingerprint density at radius 3 is 2.81 bits per heavy atom. The van der Waals surface area contributed by atoms with Crippen molar-refractivity contribution in [3.05, 3.63) is 29.8 Å². The van der Waals surface area contributed by atoms with Gasteiger partial charge in [-0.05, 0) is 44.3 Å². The van der Waals surface area contributed by atoms with Crippen LogP contribution in [0.3, 0.4) is 0 Å². The molecular weight excluding hydrogens is 298 g/mol. The van der Waals surface area contributed by atoms with Crippen LogP contribution in [0.2, 0.25) is 0 Å². The van der Waals surface area contributed by atoms with Crippen molar-refractivity contribution >= 4 is 12.4 Å². The van der Waals surface area contributed by atoms with Gasteiger partial charge in [0.1, 0.15) is 5.75 Å². The number of rotatable bonds is 6. The molecule has 120 valence electrons. The van der Waals surface area contributed by atoms with Crippen LogP contribution in [0, 0.1) is 5.92 Å². The number of benzene rings is 1. The van der Waals surface area contributed by atoms with Gasteiger partial charge in [-0.25, -0.2) is 0 Å². The summed E-state index contributed by atoms with van der Waals surface area (Å²) >= 11 is 0. The molecule has 1 aliphatic rings. The van der Waals surface area contributed by atoms with E-state index in [1.54, 1.807) is 12.1 Å². The number of ether oxygens (including phenoxy) is 1. The predicted octanol–water partition coefficient (Wildman–Crippen LogP) is 3.27. The van der Waals surface area contributed by atoms with Crippen molar-refractivity contribution in [1.82, 2.24) is 4.90 Å². The van der Waals surface area contributed by atoms with Crippen molar-refractivity contribution < 1.29 is 13.5 Å². The Kier molecular flexibility index (Phi) is 7.93. The number of para-hydroxylation sites is 1. The van der Waals surface area contributed by atoms with Gasteiger partial charge in [-0.1, -0.05) is 18.2 Å². The Hall–Kier alpha value is -0.910. The minimum absolute atomic E-state index is 0. The summed E-state index contributed by atoms with van der Waals surface area (Å²) in [5, 5.41) is 0. The number of hydrogen-bond acceptors (Lipinski definition) is 3. The highest BCUT2D eigenvalue weighted by molar-refractivity contribution is 5.85. The molecule has 1 aromatic rings. The number of piperidine rings is 1. The fourth-order valence-electron chi connectivity index (χ4n) is 2.85. The second-order valence-corrected chi connectivity index (χ2v) is 5.31. The van der Waals surface area contributed by atoms with Gasteiger partial charge in [0.2, 0.25) is 0 Å². The average Bonchev–Trinajstić information content (AvgIpc) is 2.41. The van der Waals surface area contributed by atoms with E-state index in [9.17, 15) is 8.78 Å². The van der Waals surface area contributed by atoms with Gasteiger partial charge in [0.05, 0.1) is 0 Å². The van der Waals surface area contributed by atoms with Gasteiger partial charge in [0.15, 0.2) is 0 Å². The highest BCUT2D eigenvalue weighted by Crippen LogP contribution is 2.25. The van der Waals surface area contributed by atoms with Crippen LogP contribution in [-0.4, -0.2) is 31.1 Å². The maximum atomic E-state index is 12.4. The maximum absolute atomic E-state index is 12.4. The third-order valence-electron chi connectivity index (χ3n) is 3.76. The van der Waals surface area contributed by atoms with Crippen LogP contribution in [0.4, 0.5) is 8.78 Å². The first-order valence-corrected chi connectivity index (χ1v) is 7.14. The van der Waals surface area contributed by atoms with E-state index in [2.05, 4.69) is 9.64 Å². The quantitative estimate of drug-likeness (QED) is 0.874. The minimum atomic E-state index is -2.78. The first kappa shape index (κ1) is 18.1. The summed E-state index contributed by atoms with van der Waals surface area (Å²) in [7, 11) is 0. The van der Waals surface area contributed by atoms with E-state index < -0.39 is 6.61 Å². The summed E-state index contributed by atoms with van der Waals surface area (Å²) in [6, 6.07) is 7.02. The van der Waals surface area contributed by atoms with Gasteiger partial charge < -0.3 is 10.5 Å². The molecule has 3 nitrogen and oxygen atoms in total. The molecule has 21 heavy (non-hydrogen) atoms. The number of likely N-dealkylation sites (tertiary alicyclic amines) is 1. The topological polar surface area (TPSA) is 38.5 Å². The Morgan fingerprint density at radius 1 is 1.33 bits per heavy atom. The van der Waals surface area contributed by atoms with Gasteiger partial charge in [-0.3, -0.25) is 4.90 Å². The maximum Gasteiger partial charge on any atom is 0.387 e. The predicted molar refractivity (Wildman–Crippen MR) is 82.0 cm³/mol. The minimum Gasteiger partial charge on any atom is -0.434 e. The molecule has 0 saturated carbocycles. The van der Waals surface area contributed by atoms with Crippen molar-refractivity contribution in [3.8, 4) is 5.75 Å². The average molecular weight is 321 g/mol. The lowest BCUT2D eigenvalue weighted by Gasteiger charge is -2.32. The van der Waals surface area contributed by atoms with E-state index >= 15 is 0 Å². The molecule has 0 aliphatic carbocycles. The molecule has 0 radical (unpaired) electrons. The largest absolute Gasteiger partial charge is 0.434 e. The Bertz CT molecular complexity index is 418. The zero-order valence-electron chi connectivity index (χ0n) is 12.0. The second kappa shape index (κ2) is 9.18. The molecule has 1 unspecified atom stereocenters. The van der Waals surface area contributed by atoms with E-state index in [-0.39, 0.29) is 18.2 Å². The first-order chi connectivity index (χ1) is 9.69. The normalized spacial score (nSPS) is 19.3. The number of hydrogen-bond donors (Lipinski definition) is 1. The molecule has 1 fully saturated rings. The number of halogens is 3. The summed E-state index contributed by atoms with van der Waals surface area (Å²) in [4.78, 5) is 2.30. The van der Waals surface area contributed by atoms with Crippen molar-refractivity contribution in [3.63, 3.8) is 0 Å². The summed E-state index contributed by atoms with van der Waals surface area (Å²) in [6.45, 7) is 0.584. The first-order valence-electron chi connectivity index (χ1n) is 7.14. The van der Waals surface area contributed by atoms with Crippen LogP contribution >= 0.6 is 12.4 Å². The van der Waals surface area contributed by atoms with Gasteiger partial charge in [-0.15, -0.1) is 12.4 Å². The van der Waals surface area contributed by atoms with Crippen LogP contribution < -0.4 is 10.5 Å². The molecule has 2 N–H and O–H groups in total. The third kappa shape index (κ3) is 5.77. The molecule has 1 aromatic carbocycles. The smallest absolute Gasteiger partial charge is 0.387 e. The molecule has 6 heteroatoms. The zero-order chi connectivity index (χ0) is 14.4. The van der Waals surface area contributed by atoms with Crippen LogP contribution in [0.15, 0.2) is 24.3 Å². The second-order valence-electron chi connectivity index (χ2n) is 5.31. The van der Waals surface area contributed by atoms with Gasteiger partial charge in [0.25, 0.3) is 0 Å². The fraction of sp³-hybridized carbons (Fsp3) is 0.600. The van der Waals surface area contributed by atoms with Crippen LogP contribution in [-0.2, 0) is 6.54 Å². The van der Waals surface area contributed by atoms with E-state index in [0.29, 0.717) is 19.0 Å². The lowest BCUT2D eigenvalue weighted by atomic mass is 9.94. The van der Waals surface area contributed by atoms with Crippen LogP contribution in [0.1, 0.15) is 24.8 Å². The van der Waals surface area contributed by atoms with Crippen LogP contribution in [0.5, 0.6) is 5.75 Å².